The van der Waals surface area contributed by atoms with Crippen LogP contribution in [-0.2, 0) is 9.53 Å². The van der Waals surface area contributed by atoms with E-state index in [4.69, 9.17) is 9.84 Å². The third-order valence-corrected chi connectivity index (χ3v) is 2.26. The number of amides is 2. The van der Waals surface area contributed by atoms with E-state index in [0.29, 0.717) is 19.7 Å². The first-order chi connectivity index (χ1) is 7.93. The molecular weight excluding hydrogens is 228 g/mol. The number of ether oxygens (including phenoxy) is 1. The van der Waals surface area contributed by atoms with Crippen molar-refractivity contribution in [3.63, 3.8) is 0 Å². The van der Waals surface area contributed by atoms with Crippen molar-refractivity contribution < 1.29 is 24.5 Å². The first-order valence-corrected chi connectivity index (χ1v) is 5.39. The van der Waals surface area contributed by atoms with Gasteiger partial charge in [0.15, 0.2) is 6.04 Å². The van der Waals surface area contributed by atoms with E-state index in [2.05, 4.69) is 5.32 Å². The quantitative estimate of drug-likeness (QED) is 0.564. The molecule has 0 bridgehead atoms. The first-order valence-electron chi connectivity index (χ1n) is 5.39. The predicted octanol–water partition coefficient (Wildman–Crippen LogP) is -0.502. The van der Waals surface area contributed by atoms with E-state index < -0.39 is 24.1 Å². The van der Waals surface area contributed by atoms with E-state index in [0.717, 1.165) is 0 Å². The normalized spacial score (nSPS) is 13.9. The van der Waals surface area contributed by atoms with E-state index in [1.54, 1.807) is 6.92 Å². The molecule has 0 aliphatic carbocycles. The van der Waals surface area contributed by atoms with Crippen LogP contribution >= 0.6 is 0 Å². The number of urea groups is 1. The summed E-state index contributed by atoms with van der Waals surface area (Å²) in [7, 11) is 1.52. The van der Waals surface area contributed by atoms with Crippen LogP contribution in [0.1, 0.15) is 13.8 Å². The largest absolute Gasteiger partial charge is 0.480 e. The number of hydrogen-bond donors (Lipinski definition) is 3. The molecule has 0 rings (SSSR count). The molecule has 2 amide bonds. The zero-order chi connectivity index (χ0) is 13.4. The zero-order valence-corrected chi connectivity index (χ0v) is 10.3. The molecule has 0 aliphatic heterocycles. The van der Waals surface area contributed by atoms with Crippen LogP contribution in [0.5, 0.6) is 0 Å². The van der Waals surface area contributed by atoms with Gasteiger partial charge in [-0.05, 0) is 13.8 Å². The maximum Gasteiger partial charge on any atom is 0.328 e. The average Bonchev–Trinajstić information content (AvgIpc) is 2.26. The summed E-state index contributed by atoms with van der Waals surface area (Å²) >= 11 is 0. The van der Waals surface area contributed by atoms with Crippen molar-refractivity contribution >= 4 is 12.0 Å². The summed E-state index contributed by atoms with van der Waals surface area (Å²) in [5.41, 5.74) is 0. The minimum atomic E-state index is -1.31. The number of methoxy groups -OCH3 is 1. The summed E-state index contributed by atoms with van der Waals surface area (Å²) in [4.78, 5) is 23.9. The number of aliphatic hydroxyl groups is 1. The lowest BCUT2D eigenvalue weighted by molar-refractivity contribution is -0.141. The molecule has 0 saturated carbocycles. The second kappa shape index (κ2) is 7.86. The maximum absolute atomic E-state index is 11.7. The van der Waals surface area contributed by atoms with Gasteiger partial charge in [0.1, 0.15) is 0 Å². The monoisotopic (exact) mass is 248 g/mol. The first kappa shape index (κ1) is 15.7. The van der Waals surface area contributed by atoms with Crippen LogP contribution < -0.4 is 5.32 Å². The Morgan fingerprint density at radius 3 is 2.41 bits per heavy atom. The number of carbonyl (C=O) groups is 2. The molecule has 0 spiro atoms. The molecule has 0 aliphatic rings. The molecule has 7 heteroatoms. The number of carboxylic acids is 1. The summed E-state index contributed by atoms with van der Waals surface area (Å²) in [5, 5.41) is 20.3. The third-order valence-electron chi connectivity index (χ3n) is 2.26. The Morgan fingerprint density at radius 2 is 2.06 bits per heavy atom. The molecule has 2 unspecified atom stereocenters. The van der Waals surface area contributed by atoms with Gasteiger partial charge in [0.2, 0.25) is 0 Å². The number of nitrogens with one attached hydrogen (secondary N) is 1. The van der Waals surface area contributed by atoms with Crippen molar-refractivity contribution in [3.8, 4) is 0 Å². The topological polar surface area (TPSA) is 99.1 Å². The van der Waals surface area contributed by atoms with Gasteiger partial charge in [-0.15, -0.1) is 0 Å². The number of carbonyl (C=O) groups excluding carboxylic acids is 1. The minimum absolute atomic E-state index is 0.366. The van der Waals surface area contributed by atoms with Crippen molar-refractivity contribution in [1.29, 1.82) is 0 Å². The molecule has 17 heavy (non-hydrogen) atoms. The molecule has 0 aromatic heterocycles. The molecule has 2 atom stereocenters. The van der Waals surface area contributed by atoms with Gasteiger partial charge in [0.25, 0.3) is 0 Å². The highest BCUT2D eigenvalue weighted by atomic mass is 16.5. The Labute approximate surface area is 100 Å². The van der Waals surface area contributed by atoms with Gasteiger partial charge in [0.05, 0.1) is 12.7 Å². The summed E-state index contributed by atoms with van der Waals surface area (Å²) in [5.74, 6) is -1.27. The molecular formula is C10H20N2O5. The number of nitrogens with zero attached hydrogens (tertiary/aromatic N) is 1. The van der Waals surface area contributed by atoms with Gasteiger partial charge in [-0.1, -0.05) is 0 Å². The van der Waals surface area contributed by atoms with Gasteiger partial charge in [-0.3, -0.25) is 0 Å². The fourth-order valence-corrected chi connectivity index (χ4v) is 1.22. The van der Waals surface area contributed by atoms with E-state index >= 15 is 0 Å². The number of likely N-dealkylation sites (N-methyl/N-ethyl adjacent to an activating group) is 1. The van der Waals surface area contributed by atoms with Crippen molar-refractivity contribution in [2.75, 3.05) is 26.8 Å². The molecule has 0 aromatic carbocycles. The van der Waals surface area contributed by atoms with Crippen molar-refractivity contribution in [2.24, 2.45) is 0 Å². The Bertz CT molecular complexity index is 257. The molecule has 100 valence electrons. The van der Waals surface area contributed by atoms with Gasteiger partial charge in [-0.2, -0.15) is 0 Å². The summed E-state index contributed by atoms with van der Waals surface area (Å²) in [6.07, 6.45) is -1.16. The number of aliphatic carboxylic acids is 1. The summed E-state index contributed by atoms with van der Waals surface area (Å²) < 4.78 is 4.84. The highest BCUT2D eigenvalue weighted by Crippen LogP contribution is 1.97. The maximum atomic E-state index is 11.7. The number of aliphatic hydroxyl groups excluding tert-OH is 1. The van der Waals surface area contributed by atoms with Crippen LogP contribution in [0.25, 0.3) is 0 Å². The Morgan fingerprint density at radius 1 is 1.47 bits per heavy atom. The van der Waals surface area contributed by atoms with Crippen LogP contribution in [0.4, 0.5) is 4.79 Å². The van der Waals surface area contributed by atoms with Crippen LogP contribution in [0, 0.1) is 0 Å². The Hall–Kier alpha value is -1.34. The molecule has 0 radical (unpaired) electrons. The Balaban J connectivity index is 4.41. The van der Waals surface area contributed by atoms with E-state index in [9.17, 15) is 14.7 Å². The number of carboxylic acid groups (broad SMARTS) is 1. The highest BCUT2D eigenvalue weighted by molar-refractivity contribution is 5.83. The number of hydrogen-bond acceptors (Lipinski definition) is 4. The van der Waals surface area contributed by atoms with E-state index in [-0.39, 0.29) is 0 Å². The lowest BCUT2D eigenvalue weighted by Crippen LogP contribution is -2.52. The van der Waals surface area contributed by atoms with Crippen LogP contribution in [0.3, 0.4) is 0 Å². The third kappa shape index (κ3) is 5.50. The standard InChI is InChI=1S/C10H20N2O5/c1-4-12(5-6-17-3)10(16)11-8(7(2)13)9(14)15/h7-8,13H,4-6H2,1-3H3,(H,11,16)(H,14,15). The van der Waals surface area contributed by atoms with Gasteiger partial charge >= 0.3 is 12.0 Å². The van der Waals surface area contributed by atoms with Crippen LogP contribution in [0.2, 0.25) is 0 Å². The van der Waals surface area contributed by atoms with Crippen LogP contribution in [0.15, 0.2) is 0 Å². The molecule has 7 nitrogen and oxygen atoms in total. The zero-order valence-electron chi connectivity index (χ0n) is 10.3. The van der Waals surface area contributed by atoms with Crippen LogP contribution in [-0.4, -0.2) is 66.1 Å². The second-order valence-electron chi connectivity index (χ2n) is 3.58. The summed E-state index contributed by atoms with van der Waals surface area (Å²) in [6.45, 7) is 4.25. The van der Waals surface area contributed by atoms with E-state index in [1.807, 2.05) is 0 Å². The van der Waals surface area contributed by atoms with E-state index in [1.165, 1.54) is 18.9 Å². The lowest BCUT2D eigenvalue weighted by atomic mass is 10.2. The lowest BCUT2D eigenvalue weighted by Gasteiger charge is -2.24. The smallest absolute Gasteiger partial charge is 0.328 e. The fourth-order valence-electron chi connectivity index (χ4n) is 1.22. The molecule has 0 fully saturated rings. The highest BCUT2D eigenvalue weighted by Gasteiger charge is 2.26. The average molecular weight is 248 g/mol. The molecule has 0 saturated heterocycles. The van der Waals surface area contributed by atoms with Gasteiger partial charge in [-0.25, -0.2) is 9.59 Å². The fraction of sp³-hybridized carbons (Fsp3) is 0.800. The van der Waals surface area contributed by atoms with Crippen molar-refractivity contribution in [2.45, 2.75) is 26.0 Å². The summed E-state index contributed by atoms with van der Waals surface area (Å²) in [6, 6.07) is -1.84. The SMILES string of the molecule is CCN(CCOC)C(=O)NC(C(=O)O)C(C)O. The minimum Gasteiger partial charge on any atom is -0.480 e. The molecule has 0 aromatic rings. The van der Waals surface area contributed by atoms with Crippen molar-refractivity contribution in [1.82, 2.24) is 10.2 Å². The Kier molecular flexibility index (Phi) is 7.24. The number of rotatable bonds is 7. The molecule has 3 N–H and O–H groups in total. The predicted molar refractivity (Wildman–Crippen MR) is 60.8 cm³/mol. The van der Waals surface area contributed by atoms with Crippen molar-refractivity contribution in [3.05, 3.63) is 0 Å². The molecule has 0 heterocycles. The second-order valence-corrected chi connectivity index (χ2v) is 3.58. The van der Waals surface area contributed by atoms with Gasteiger partial charge in [0, 0.05) is 20.2 Å². The van der Waals surface area contributed by atoms with Gasteiger partial charge < -0.3 is 25.2 Å².